The van der Waals surface area contributed by atoms with E-state index >= 15 is 0 Å². The van der Waals surface area contributed by atoms with Crippen LogP contribution >= 0.6 is 0 Å². The molecule has 1 aromatic rings. The number of amidine groups is 1. The van der Waals surface area contributed by atoms with Gasteiger partial charge in [0.1, 0.15) is 0 Å². The standard InChI is InChI=1S/C25H34N4O2/c1-8-11-12-13-16-26-25(31-7)28-23-18-21(15-14-19(23)4)27-24(30)20(9-2)17-22(10-3)29(5)6/h8-11,13-18H,2,12H2,1,3-7H3,(H,26,28)(H,27,30)/b11-8-,16-13+,20-17+,22-10+. The van der Waals surface area contributed by atoms with Crippen molar-refractivity contribution in [1.82, 2.24) is 4.90 Å². The number of carbonyl (C=O) groups is 1. The third-order valence-electron chi connectivity index (χ3n) is 4.33. The first-order valence-electron chi connectivity index (χ1n) is 10.1. The van der Waals surface area contributed by atoms with Crippen LogP contribution in [0.15, 0.2) is 83.7 Å². The second-order valence-corrected chi connectivity index (χ2v) is 6.85. The average molecular weight is 423 g/mol. The molecule has 1 rings (SSSR count). The van der Waals surface area contributed by atoms with Crippen LogP contribution in [0.2, 0.25) is 0 Å². The lowest BCUT2D eigenvalue weighted by Gasteiger charge is -2.15. The Morgan fingerprint density at radius 2 is 1.97 bits per heavy atom. The highest BCUT2D eigenvalue weighted by Gasteiger charge is 2.10. The molecule has 0 saturated carbocycles. The maximum absolute atomic E-state index is 12.7. The number of hydrogen-bond donors (Lipinski definition) is 2. The highest BCUT2D eigenvalue weighted by atomic mass is 16.5. The Hall–Kier alpha value is -3.54. The van der Waals surface area contributed by atoms with Gasteiger partial charge in [-0.25, -0.2) is 4.99 Å². The predicted molar refractivity (Wildman–Crippen MR) is 132 cm³/mol. The van der Waals surface area contributed by atoms with E-state index in [1.54, 1.807) is 25.5 Å². The third-order valence-corrected chi connectivity index (χ3v) is 4.33. The van der Waals surface area contributed by atoms with Crippen molar-refractivity contribution in [3.05, 3.63) is 84.3 Å². The number of nitrogens with one attached hydrogen (secondary N) is 2. The number of nitrogens with zero attached hydrogens (tertiary/aromatic N) is 2. The molecule has 2 N–H and O–H groups in total. The van der Waals surface area contributed by atoms with Crippen LogP contribution < -0.4 is 10.6 Å². The van der Waals surface area contributed by atoms with E-state index in [1.807, 2.05) is 82.3 Å². The van der Waals surface area contributed by atoms with Crippen molar-refractivity contribution in [3.63, 3.8) is 0 Å². The molecule has 0 unspecified atom stereocenters. The summed E-state index contributed by atoms with van der Waals surface area (Å²) < 4.78 is 5.32. The molecule has 0 aromatic heterocycles. The summed E-state index contributed by atoms with van der Waals surface area (Å²) in [7, 11) is 5.40. The van der Waals surface area contributed by atoms with Crippen molar-refractivity contribution in [1.29, 1.82) is 0 Å². The number of benzene rings is 1. The molecule has 166 valence electrons. The van der Waals surface area contributed by atoms with E-state index in [1.165, 1.54) is 0 Å². The molecule has 0 heterocycles. The Balaban J connectivity index is 3.02. The van der Waals surface area contributed by atoms with Gasteiger partial charge in [0.15, 0.2) is 0 Å². The first kappa shape index (κ1) is 25.5. The van der Waals surface area contributed by atoms with Gasteiger partial charge < -0.3 is 20.3 Å². The summed E-state index contributed by atoms with van der Waals surface area (Å²) in [5.41, 5.74) is 3.81. The summed E-state index contributed by atoms with van der Waals surface area (Å²) in [6.45, 7) is 9.63. The number of aliphatic imine (C=N–C) groups is 1. The summed E-state index contributed by atoms with van der Waals surface area (Å²) >= 11 is 0. The van der Waals surface area contributed by atoms with E-state index in [2.05, 4.69) is 22.2 Å². The highest BCUT2D eigenvalue weighted by molar-refractivity contribution is 6.06. The quantitative estimate of drug-likeness (QED) is 0.184. The van der Waals surface area contributed by atoms with Crippen molar-refractivity contribution in [2.75, 3.05) is 31.8 Å². The number of aryl methyl sites for hydroxylation is 1. The van der Waals surface area contributed by atoms with Gasteiger partial charge in [-0.2, -0.15) is 0 Å². The zero-order chi connectivity index (χ0) is 23.2. The summed E-state index contributed by atoms with van der Waals surface area (Å²) in [6, 6.07) is 5.97. The number of ether oxygens (including phenoxy) is 1. The number of likely N-dealkylation sites (N-methyl/N-ethyl adjacent to an activating group) is 1. The van der Waals surface area contributed by atoms with Gasteiger partial charge in [-0.15, -0.1) is 0 Å². The minimum absolute atomic E-state index is 0.237. The van der Waals surface area contributed by atoms with E-state index in [0.717, 1.165) is 23.4 Å². The monoisotopic (exact) mass is 422 g/mol. The van der Waals surface area contributed by atoms with Crippen LogP contribution in [0.5, 0.6) is 0 Å². The van der Waals surface area contributed by atoms with Crippen molar-refractivity contribution >= 4 is 23.3 Å². The number of carbonyl (C=O) groups excluding carboxylic acids is 1. The van der Waals surface area contributed by atoms with Crippen LogP contribution in [0.4, 0.5) is 11.4 Å². The lowest BCUT2D eigenvalue weighted by molar-refractivity contribution is -0.112. The molecule has 0 aliphatic rings. The SMILES string of the molecule is C=C/C(=C\C(=C/C)N(C)C)C(=O)Nc1ccc(C)c(NC(=N/C=C/C/C=C\C)OC)c1. The molecule has 1 amide bonds. The lowest BCUT2D eigenvalue weighted by atomic mass is 10.1. The number of rotatable bonds is 9. The zero-order valence-electron chi connectivity index (χ0n) is 19.4. The van der Waals surface area contributed by atoms with Gasteiger partial charge in [0, 0.05) is 42.9 Å². The van der Waals surface area contributed by atoms with Crippen LogP contribution in [0, 0.1) is 6.92 Å². The Morgan fingerprint density at radius 1 is 1.23 bits per heavy atom. The Bertz CT molecular complexity index is 906. The first-order valence-corrected chi connectivity index (χ1v) is 10.1. The largest absolute Gasteiger partial charge is 0.468 e. The van der Waals surface area contributed by atoms with Crippen LogP contribution in [-0.4, -0.2) is 38.0 Å². The lowest BCUT2D eigenvalue weighted by Crippen LogP contribution is -2.17. The molecule has 0 saturated heterocycles. The van der Waals surface area contributed by atoms with Gasteiger partial charge in [0.2, 0.25) is 0 Å². The van der Waals surface area contributed by atoms with Crippen molar-refractivity contribution < 1.29 is 9.53 Å². The van der Waals surface area contributed by atoms with E-state index < -0.39 is 0 Å². The second kappa shape index (κ2) is 13.6. The molecule has 6 heteroatoms. The Labute approximate surface area is 186 Å². The van der Waals surface area contributed by atoms with Gasteiger partial charge >= 0.3 is 0 Å². The molecule has 0 radical (unpaired) electrons. The fourth-order valence-electron chi connectivity index (χ4n) is 2.53. The van der Waals surface area contributed by atoms with Gasteiger partial charge in [0.25, 0.3) is 11.9 Å². The van der Waals surface area contributed by atoms with Gasteiger partial charge in [-0.05, 0) is 51.0 Å². The fraction of sp³-hybridized carbons (Fsp3) is 0.280. The number of anilines is 2. The summed E-state index contributed by atoms with van der Waals surface area (Å²) in [5.74, 6) is -0.237. The second-order valence-electron chi connectivity index (χ2n) is 6.85. The maximum atomic E-state index is 12.7. The summed E-state index contributed by atoms with van der Waals surface area (Å²) in [5, 5.41) is 6.08. The fourth-order valence-corrected chi connectivity index (χ4v) is 2.53. The van der Waals surface area contributed by atoms with Crippen LogP contribution in [0.1, 0.15) is 25.8 Å². The molecule has 31 heavy (non-hydrogen) atoms. The topological polar surface area (TPSA) is 66.0 Å². The summed E-state index contributed by atoms with van der Waals surface area (Å²) in [4.78, 5) is 19.0. The molecule has 0 fully saturated rings. The minimum atomic E-state index is -0.237. The van der Waals surface area contributed by atoms with E-state index in [4.69, 9.17) is 4.74 Å². The van der Waals surface area contributed by atoms with E-state index in [-0.39, 0.29) is 5.91 Å². The van der Waals surface area contributed by atoms with E-state index in [0.29, 0.717) is 17.3 Å². The first-order chi connectivity index (χ1) is 14.9. The minimum Gasteiger partial charge on any atom is -0.468 e. The van der Waals surface area contributed by atoms with Crippen molar-refractivity contribution in [2.45, 2.75) is 27.2 Å². The van der Waals surface area contributed by atoms with Crippen LogP contribution in [-0.2, 0) is 9.53 Å². The number of methoxy groups -OCH3 is 1. The molecule has 6 nitrogen and oxygen atoms in total. The smallest absolute Gasteiger partial charge is 0.293 e. The highest BCUT2D eigenvalue weighted by Crippen LogP contribution is 2.21. The average Bonchev–Trinajstić information content (AvgIpc) is 2.75. The molecule has 1 aromatic carbocycles. The number of allylic oxidation sites excluding steroid dienone is 5. The van der Waals surface area contributed by atoms with Gasteiger partial charge in [-0.1, -0.05) is 43.0 Å². The zero-order valence-corrected chi connectivity index (χ0v) is 19.4. The van der Waals surface area contributed by atoms with Crippen LogP contribution in [0.3, 0.4) is 0 Å². The third kappa shape index (κ3) is 8.78. The molecule has 0 spiro atoms. The maximum Gasteiger partial charge on any atom is 0.293 e. The molecular formula is C25H34N4O2. The van der Waals surface area contributed by atoms with Crippen LogP contribution in [0.25, 0.3) is 0 Å². The molecular weight excluding hydrogens is 388 g/mol. The summed E-state index contributed by atoms with van der Waals surface area (Å²) in [6.07, 6.45) is 13.7. The molecule has 0 aliphatic heterocycles. The molecule has 0 bridgehead atoms. The van der Waals surface area contributed by atoms with Gasteiger partial charge in [0.05, 0.1) is 7.11 Å². The molecule has 0 atom stereocenters. The number of hydrogen-bond acceptors (Lipinski definition) is 4. The van der Waals surface area contributed by atoms with Crippen molar-refractivity contribution in [3.8, 4) is 0 Å². The Kier molecular flexibility index (Phi) is 11.2. The Morgan fingerprint density at radius 3 is 2.55 bits per heavy atom. The van der Waals surface area contributed by atoms with E-state index in [9.17, 15) is 4.79 Å². The normalized spacial score (nSPS) is 12.9. The van der Waals surface area contributed by atoms with Gasteiger partial charge in [-0.3, -0.25) is 4.79 Å². The number of amides is 1. The van der Waals surface area contributed by atoms with Crippen molar-refractivity contribution in [2.24, 2.45) is 4.99 Å². The predicted octanol–water partition coefficient (Wildman–Crippen LogP) is 5.41. The molecule has 0 aliphatic carbocycles.